The lowest BCUT2D eigenvalue weighted by Gasteiger charge is -2.14. The Morgan fingerprint density at radius 3 is 2.71 bits per heavy atom. The van der Waals surface area contributed by atoms with Crippen LogP contribution in [0.5, 0.6) is 11.5 Å². The van der Waals surface area contributed by atoms with Crippen molar-refractivity contribution in [2.75, 3.05) is 25.6 Å². The lowest BCUT2D eigenvalue weighted by molar-refractivity contribution is -0.127. The Kier molecular flexibility index (Phi) is 8.36. The van der Waals surface area contributed by atoms with Gasteiger partial charge in [0.1, 0.15) is 12.4 Å². The number of rotatable bonds is 9. The van der Waals surface area contributed by atoms with Gasteiger partial charge in [-0.2, -0.15) is 0 Å². The van der Waals surface area contributed by atoms with Crippen molar-refractivity contribution in [2.45, 2.75) is 13.3 Å². The van der Waals surface area contributed by atoms with Crippen molar-refractivity contribution in [3.8, 4) is 11.5 Å². The van der Waals surface area contributed by atoms with Crippen LogP contribution in [-0.4, -0.2) is 42.2 Å². The third kappa shape index (κ3) is 5.78. The minimum absolute atomic E-state index is 0.159. The fourth-order valence-corrected chi connectivity index (χ4v) is 4.29. The smallest absolute Gasteiger partial charge is 0.294 e. The van der Waals surface area contributed by atoms with Gasteiger partial charge >= 0.3 is 0 Å². The molecule has 0 aliphatic carbocycles. The molecule has 0 unspecified atom stereocenters. The maximum Gasteiger partial charge on any atom is 0.294 e. The molecule has 2 aromatic carbocycles. The Morgan fingerprint density at radius 2 is 2.06 bits per heavy atom. The van der Waals surface area contributed by atoms with Crippen LogP contribution in [0.1, 0.15) is 18.1 Å². The quantitative estimate of drug-likeness (QED) is 0.369. The van der Waals surface area contributed by atoms with Crippen molar-refractivity contribution in [2.24, 2.45) is 0 Å². The van der Waals surface area contributed by atoms with Gasteiger partial charge in [-0.15, -0.1) is 6.58 Å². The van der Waals surface area contributed by atoms with Gasteiger partial charge in [-0.25, -0.2) is 4.39 Å². The third-order valence-electron chi connectivity index (χ3n) is 4.70. The molecule has 2 aromatic rings. The van der Waals surface area contributed by atoms with Crippen LogP contribution in [0, 0.1) is 5.82 Å². The highest BCUT2D eigenvalue weighted by molar-refractivity contribution is 8.18. The number of carbonyl (C=O) groups is 3. The van der Waals surface area contributed by atoms with Crippen LogP contribution in [0.15, 0.2) is 47.9 Å². The Labute approximate surface area is 205 Å². The summed E-state index contributed by atoms with van der Waals surface area (Å²) in [6, 6.07) is 7.21. The first-order valence-electron chi connectivity index (χ1n) is 10.2. The predicted octanol–water partition coefficient (Wildman–Crippen LogP) is 5.29. The summed E-state index contributed by atoms with van der Waals surface area (Å²) >= 11 is 6.45. The molecular weight excluding hydrogens is 483 g/mol. The molecule has 1 saturated heterocycles. The first-order valence-corrected chi connectivity index (χ1v) is 11.4. The lowest BCUT2D eigenvalue weighted by Crippen LogP contribution is -2.36. The van der Waals surface area contributed by atoms with Gasteiger partial charge in [0.2, 0.25) is 5.91 Å². The number of ether oxygens (including phenoxy) is 2. The number of nitrogens with zero attached hydrogens (tertiary/aromatic N) is 1. The minimum Gasteiger partial charge on any atom is -0.493 e. The van der Waals surface area contributed by atoms with Crippen molar-refractivity contribution in [1.82, 2.24) is 4.90 Å². The van der Waals surface area contributed by atoms with Gasteiger partial charge in [-0.05, 0) is 67.1 Å². The number of allylic oxidation sites excluding steroid dienone is 1. The fraction of sp³-hybridized carbons (Fsp3) is 0.208. The number of imide groups is 1. The molecular formula is C24H22ClFN2O5S. The first-order chi connectivity index (χ1) is 16.3. The van der Waals surface area contributed by atoms with Gasteiger partial charge in [0.05, 0.1) is 23.6 Å². The molecule has 0 bridgehead atoms. The van der Waals surface area contributed by atoms with Gasteiger partial charge < -0.3 is 14.8 Å². The van der Waals surface area contributed by atoms with E-state index in [0.29, 0.717) is 30.1 Å². The zero-order valence-electron chi connectivity index (χ0n) is 18.5. The highest BCUT2D eigenvalue weighted by Gasteiger charge is 2.36. The summed E-state index contributed by atoms with van der Waals surface area (Å²) in [5.74, 6) is -0.765. The van der Waals surface area contributed by atoms with Crippen molar-refractivity contribution < 1.29 is 28.2 Å². The molecule has 10 heteroatoms. The summed E-state index contributed by atoms with van der Waals surface area (Å²) in [7, 11) is 1.54. The molecule has 0 saturated carbocycles. The predicted molar refractivity (Wildman–Crippen MR) is 131 cm³/mol. The lowest BCUT2D eigenvalue weighted by atomic mass is 10.0. The van der Waals surface area contributed by atoms with E-state index in [1.807, 2.05) is 13.0 Å². The highest BCUT2D eigenvalue weighted by atomic mass is 35.5. The molecule has 34 heavy (non-hydrogen) atoms. The summed E-state index contributed by atoms with van der Waals surface area (Å²) in [5.41, 5.74) is 1.69. The number of methoxy groups -OCH3 is 1. The molecule has 0 aromatic heterocycles. The van der Waals surface area contributed by atoms with E-state index in [9.17, 15) is 18.8 Å². The normalized spacial score (nSPS) is 14.5. The van der Waals surface area contributed by atoms with Crippen molar-refractivity contribution in [1.29, 1.82) is 0 Å². The van der Waals surface area contributed by atoms with Gasteiger partial charge in [0.15, 0.2) is 11.5 Å². The van der Waals surface area contributed by atoms with Gasteiger partial charge in [-0.1, -0.05) is 17.7 Å². The molecule has 1 fully saturated rings. The standard InChI is InChI=1S/C24H22ClFN2O5S/c1-4-6-15-9-14(10-19(33-5-2)22(15)32-3)11-20-23(30)28(24(31)34-20)13-21(29)27-16-7-8-18(26)17(25)12-16/h4,7-12H,1,5-6,13H2,2-3H3,(H,27,29)/b20-11+. The summed E-state index contributed by atoms with van der Waals surface area (Å²) in [5, 5.41) is 1.76. The Hall–Kier alpha value is -3.30. The first kappa shape index (κ1) is 25.3. The van der Waals surface area contributed by atoms with Crippen molar-refractivity contribution >= 4 is 52.2 Å². The monoisotopic (exact) mass is 504 g/mol. The third-order valence-corrected chi connectivity index (χ3v) is 5.90. The molecule has 1 aliphatic rings. The molecule has 0 radical (unpaired) electrons. The Bertz CT molecular complexity index is 1180. The average molecular weight is 505 g/mol. The fourth-order valence-electron chi connectivity index (χ4n) is 3.27. The van der Waals surface area contributed by atoms with E-state index in [4.69, 9.17) is 21.1 Å². The second-order valence-electron chi connectivity index (χ2n) is 7.08. The van der Waals surface area contributed by atoms with Crippen LogP contribution in [0.2, 0.25) is 5.02 Å². The van der Waals surface area contributed by atoms with Crippen LogP contribution in [0.4, 0.5) is 14.9 Å². The number of nitrogens with one attached hydrogen (secondary N) is 1. The molecule has 0 spiro atoms. The second kappa shape index (κ2) is 11.2. The van der Waals surface area contributed by atoms with E-state index in [1.54, 1.807) is 25.3 Å². The van der Waals surface area contributed by atoms with E-state index in [1.165, 1.54) is 12.1 Å². The van der Waals surface area contributed by atoms with E-state index in [0.717, 1.165) is 28.3 Å². The van der Waals surface area contributed by atoms with E-state index >= 15 is 0 Å². The van der Waals surface area contributed by atoms with E-state index < -0.39 is 29.4 Å². The summed E-state index contributed by atoms with van der Waals surface area (Å²) in [4.78, 5) is 38.6. The van der Waals surface area contributed by atoms with Gasteiger partial charge in [0, 0.05) is 11.3 Å². The van der Waals surface area contributed by atoms with Crippen LogP contribution in [0.3, 0.4) is 0 Å². The zero-order chi connectivity index (χ0) is 24.8. The highest BCUT2D eigenvalue weighted by Crippen LogP contribution is 2.37. The number of carbonyl (C=O) groups excluding carboxylic acids is 3. The van der Waals surface area contributed by atoms with Crippen LogP contribution in [0.25, 0.3) is 6.08 Å². The number of benzene rings is 2. The van der Waals surface area contributed by atoms with Crippen LogP contribution >= 0.6 is 23.4 Å². The largest absolute Gasteiger partial charge is 0.493 e. The summed E-state index contributed by atoms with van der Waals surface area (Å²) in [6.07, 6.45) is 3.80. The number of thioether (sulfide) groups is 1. The molecule has 1 heterocycles. The molecule has 1 aliphatic heterocycles. The Morgan fingerprint density at radius 1 is 1.29 bits per heavy atom. The molecule has 3 amide bonds. The minimum atomic E-state index is -0.627. The number of halogens is 2. The van der Waals surface area contributed by atoms with Crippen LogP contribution < -0.4 is 14.8 Å². The maximum atomic E-state index is 13.3. The molecule has 0 atom stereocenters. The molecule has 7 nitrogen and oxygen atoms in total. The summed E-state index contributed by atoms with van der Waals surface area (Å²) in [6.45, 7) is 5.52. The van der Waals surface area contributed by atoms with Gasteiger partial charge in [0.25, 0.3) is 11.1 Å². The average Bonchev–Trinajstić information content (AvgIpc) is 3.04. The molecule has 1 N–H and O–H groups in total. The second-order valence-corrected chi connectivity index (χ2v) is 8.48. The van der Waals surface area contributed by atoms with Gasteiger partial charge in [-0.3, -0.25) is 19.3 Å². The van der Waals surface area contributed by atoms with Crippen molar-refractivity contribution in [3.05, 3.63) is 69.9 Å². The maximum absolute atomic E-state index is 13.3. The van der Waals surface area contributed by atoms with Crippen LogP contribution in [-0.2, 0) is 16.0 Å². The number of hydrogen-bond acceptors (Lipinski definition) is 6. The summed E-state index contributed by atoms with van der Waals surface area (Å²) < 4.78 is 24.4. The van der Waals surface area contributed by atoms with E-state index in [2.05, 4.69) is 11.9 Å². The number of anilines is 1. The number of hydrogen-bond donors (Lipinski definition) is 1. The van der Waals surface area contributed by atoms with E-state index in [-0.39, 0.29) is 15.6 Å². The molecule has 178 valence electrons. The zero-order valence-corrected chi connectivity index (χ0v) is 20.1. The Balaban J connectivity index is 1.80. The number of amides is 3. The van der Waals surface area contributed by atoms with Crippen molar-refractivity contribution in [3.63, 3.8) is 0 Å². The topological polar surface area (TPSA) is 84.9 Å². The SMILES string of the molecule is C=CCc1cc(/C=C2/SC(=O)N(CC(=O)Nc3ccc(F)c(Cl)c3)C2=O)cc(OCC)c1OC. The molecule has 3 rings (SSSR count).